The van der Waals surface area contributed by atoms with Crippen molar-refractivity contribution < 1.29 is 9.59 Å². The number of nitrogens with two attached hydrogens (primary N) is 2. The van der Waals surface area contributed by atoms with Crippen molar-refractivity contribution in [2.24, 2.45) is 11.5 Å². The maximum atomic E-state index is 11.6. The summed E-state index contributed by atoms with van der Waals surface area (Å²) in [5.41, 5.74) is 13.8. The molecular weight excluding hydrogens is 230 g/mol. The summed E-state index contributed by atoms with van der Waals surface area (Å²) in [7, 11) is 1.77. The molecular formula is C13H17N3O2. The summed E-state index contributed by atoms with van der Waals surface area (Å²) in [6, 6.07) is 5.12. The van der Waals surface area contributed by atoms with E-state index in [4.69, 9.17) is 11.5 Å². The molecule has 1 heterocycles. The van der Waals surface area contributed by atoms with Gasteiger partial charge in [0.25, 0.3) is 0 Å². The maximum absolute atomic E-state index is 11.6. The third kappa shape index (κ3) is 2.36. The summed E-state index contributed by atoms with van der Waals surface area (Å²) in [5, 5.41) is 0. The van der Waals surface area contributed by atoms with Gasteiger partial charge in [-0.05, 0) is 30.0 Å². The second-order valence-electron chi connectivity index (χ2n) is 4.63. The van der Waals surface area contributed by atoms with Crippen LogP contribution in [0.1, 0.15) is 17.5 Å². The Bertz CT molecular complexity index is 499. The van der Waals surface area contributed by atoms with Gasteiger partial charge >= 0.3 is 0 Å². The lowest BCUT2D eigenvalue weighted by molar-refractivity contribution is -0.119. The van der Waals surface area contributed by atoms with Crippen LogP contribution in [0.4, 0.5) is 5.69 Å². The summed E-state index contributed by atoms with van der Waals surface area (Å²) in [5.74, 6) is -0.371. The molecule has 0 saturated heterocycles. The zero-order valence-corrected chi connectivity index (χ0v) is 10.3. The number of anilines is 1. The van der Waals surface area contributed by atoms with Crippen molar-refractivity contribution in [3.05, 3.63) is 29.3 Å². The minimum Gasteiger partial charge on any atom is -0.368 e. The lowest BCUT2D eigenvalue weighted by atomic mass is 9.96. The van der Waals surface area contributed by atoms with Crippen molar-refractivity contribution in [1.82, 2.24) is 0 Å². The van der Waals surface area contributed by atoms with Gasteiger partial charge in [-0.25, -0.2) is 0 Å². The number of primary amides is 1. The van der Waals surface area contributed by atoms with Crippen LogP contribution in [0.25, 0.3) is 0 Å². The number of hydrogen-bond acceptors (Lipinski definition) is 3. The SMILES string of the molecule is CN1C(=O)CCc2cc(CC(N)C(N)=O)ccc21. The third-order valence-electron chi connectivity index (χ3n) is 3.31. The van der Waals surface area contributed by atoms with Crippen molar-refractivity contribution in [3.63, 3.8) is 0 Å². The van der Waals surface area contributed by atoms with Crippen LogP contribution in [0.5, 0.6) is 0 Å². The zero-order valence-electron chi connectivity index (χ0n) is 10.3. The summed E-state index contributed by atoms with van der Waals surface area (Å²) in [4.78, 5) is 24.1. The van der Waals surface area contributed by atoms with Gasteiger partial charge in [0.05, 0.1) is 6.04 Å². The van der Waals surface area contributed by atoms with Crippen LogP contribution in [0.3, 0.4) is 0 Å². The molecule has 0 radical (unpaired) electrons. The Morgan fingerprint density at radius 2 is 2.17 bits per heavy atom. The number of carbonyl (C=O) groups excluding carboxylic acids is 2. The predicted octanol–water partition coefficient (Wildman–Crippen LogP) is -0.0493. The molecule has 0 bridgehead atoms. The van der Waals surface area contributed by atoms with Crippen LogP contribution in [0, 0.1) is 0 Å². The summed E-state index contributed by atoms with van der Waals surface area (Å²) in [6.45, 7) is 0. The summed E-state index contributed by atoms with van der Waals surface area (Å²) < 4.78 is 0. The number of benzene rings is 1. The second kappa shape index (κ2) is 4.78. The topological polar surface area (TPSA) is 89.4 Å². The smallest absolute Gasteiger partial charge is 0.234 e. The molecule has 0 aromatic heterocycles. The van der Waals surface area contributed by atoms with Crippen molar-refractivity contribution in [2.45, 2.75) is 25.3 Å². The Labute approximate surface area is 106 Å². The zero-order chi connectivity index (χ0) is 13.3. The van der Waals surface area contributed by atoms with E-state index in [1.54, 1.807) is 11.9 Å². The maximum Gasteiger partial charge on any atom is 0.234 e. The highest BCUT2D eigenvalue weighted by Gasteiger charge is 2.21. The van der Waals surface area contributed by atoms with Gasteiger partial charge < -0.3 is 16.4 Å². The number of fused-ring (bicyclic) bond motifs is 1. The van der Waals surface area contributed by atoms with E-state index < -0.39 is 11.9 Å². The van der Waals surface area contributed by atoms with Gasteiger partial charge in [0.1, 0.15) is 0 Å². The molecule has 0 fully saturated rings. The lowest BCUT2D eigenvalue weighted by Gasteiger charge is -2.26. The summed E-state index contributed by atoms with van der Waals surface area (Å²) >= 11 is 0. The average Bonchev–Trinajstić information content (AvgIpc) is 2.34. The fraction of sp³-hybridized carbons (Fsp3) is 0.385. The normalized spacial score (nSPS) is 16.3. The van der Waals surface area contributed by atoms with Crippen molar-refractivity contribution in [2.75, 3.05) is 11.9 Å². The van der Waals surface area contributed by atoms with E-state index >= 15 is 0 Å². The first-order valence-corrected chi connectivity index (χ1v) is 5.92. The molecule has 1 atom stereocenters. The van der Waals surface area contributed by atoms with Crippen LogP contribution < -0.4 is 16.4 Å². The molecule has 4 N–H and O–H groups in total. The lowest BCUT2D eigenvalue weighted by Crippen LogP contribution is -2.38. The van der Waals surface area contributed by atoms with Crippen LogP contribution >= 0.6 is 0 Å². The van der Waals surface area contributed by atoms with Gasteiger partial charge in [-0.3, -0.25) is 9.59 Å². The molecule has 0 spiro atoms. The molecule has 1 unspecified atom stereocenters. The minimum absolute atomic E-state index is 0.129. The Hall–Kier alpha value is -1.88. The van der Waals surface area contributed by atoms with E-state index in [-0.39, 0.29) is 5.91 Å². The van der Waals surface area contributed by atoms with Crippen molar-refractivity contribution >= 4 is 17.5 Å². The molecule has 5 heteroatoms. The fourth-order valence-corrected chi connectivity index (χ4v) is 2.19. The Morgan fingerprint density at radius 1 is 1.44 bits per heavy atom. The van der Waals surface area contributed by atoms with Gasteiger partial charge in [-0.15, -0.1) is 0 Å². The molecule has 96 valence electrons. The molecule has 2 amide bonds. The molecule has 1 aromatic carbocycles. The van der Waals surface area contributed by atoms with E-state index in [2.05, 4.69) is 0 Å². The third-order valence-corrected chi connectivity index (χ3v) is 3.31. The van der Waals surface area contributed by atoms with Gasteiger partial charge in [0.15, 0.2) is 0 Å². The van der Waals surface area contributed by atoms with Crippen LogP contribution in [-0.2, 0) is 22.4 Å². The average molecular weight is 247 g/mol. The van der Waals surface area contributed by atoms with Crippen molar-refractivity contribution in [1.29, 1.82) is 0 Å². The van der Waals surface area contributed by atoms with Gasteiger partial charge in [0, 0.05) is 19.2 Å². The molecule has 0 aliphatic carbocycles. The molecule has 18 heavy (non-hydrogen) atoms. The number of nitrogens with zero attached hydrogens (tertiary/aromatic N) is 1. The van der Waals surface area contributed by atoms with E-state index in [1.165, 1.54) is 0 Å². The van der Waals surface area contributed by atoms with Gasteiger partial charge in [-0.1, -0.05) is 12.1 Å². The molecule has 5 nitrogen and oxygen atoms in total. The first-order valence-electron chi connectivity index (χ1n) is 5.92. The van der Waals surface area contributed by atoms with E-state index in [0.29, 0.717) is 12.8 Å². The number of amides is 2. The molecule has 0 saturated carbocycles. The quantitative estimate of drug-likeness (QED) is 0.784. The highest BCUT2D eigenvalue weighted by molar-refractivity contribution is 5.95. The number of carbonyl (C=O) groups is 2. The second-order valence-corrected chi connectivity index (χ2v) is 4.63. The molecule has 2 rings (SSSR count). The van der Waals surface area contributed by atoms with Gasteiger partial charge in [-0.2, -0.15) is 0 Å². The first-order chi connectivity index (χ1) is 8.49. The Kier molecular flexibility index (Phi) is 3.34. The first kappa shape index (κ1) is 12.6. The van der Waals surface area contributed by atoms with Crippen LogP contribution in [0.15, 0.2) is 18.2 Å². The highest BCUT2D eigenvalue weighted by atomic mass is 16.2. The monoisotopic (exact) mass is 247 g/mol. The molecule has 1 aliphatic rings. The molecule has 1 aliphatic heterocycles. The minimum atomic E-state index is -0.661. The van der Waals surface area contributed by atoms with Crippen LogP contribution in [0.2, 0.25) is 0 Å². The van der Waals surface area contributed by atoms with E-state index in [9.17, 15) is 9.59 Å². The molecule has 1 aromatic rings. The highest BCUT2D eigenvalue weighted by Crippen LogP contribution is 2.27. The standard InChI is InChI=1S/C13H17N3O2/c1-16-11-4-2-8(7-10(14)13(15)18)6-9(11)3-5-12(16)17/h2,4,6,10H,3,5,7,14H2,1H3,(H2,15,18). The predicted molar refractivity (Wildman–Crippen MR) is 69.0 cm³/mol. The Morgan fingerprint density at radius 3 is 2.83 bits per heavy atom. The number of hydrogen-bond donors (Lipinski definition) is 2. The van der Waals surface area contributed by atoms with E-state index in [1.807, 2.05) is 18.2 Å². The van der Waals surface area contributed by atoms with Gasteiger partial charge in [0.2, 0.25) is 11.8 Å². The summed E-state index contributed by atoms with van der Waals surface area (Å²) in [6.07, 6.45) is 1.69. The van der Waals surface area contributed by atoms with Crippen LogP contribution in [-0.4, -0.2) is 24.9 Å². The number of aryl methyl sites for hydroxylation is 1. The largest absolute Gasteiger partial charge is 0.368 e. The number of rotatable bonds is 3. The Balaban J connectivity index is 2.23. The fourth-order valence-electron chi connectivity index (χ4n) is 2.19. The van der Waals surface area contributed by atoms with E-state index in [0.717, 1.165) is 23.2 Å². The van der Waals surface area contributed by atoms with Crippen molar-refractivity contribution in [3.8, 4) is 0 Å².